The first-order valence-corrected chi connectivity index (χ1v) is 8.47. The zero-order valence-electron chi connectivity index (χ0n) is 9.72. The Morgan fingerprint density at radius 2 is 2.28 bits per heavy atom. The summed E-state index contributed by atoms with van der Waals surface area (Å²) in [6.07, 6.45) is 4.70. The third-order valence-corrected chi connectivity index (χ3v) is 5.57. The second-order valence-corrected chi connectivity index (χ2v) is 7.57. The molecule has 1 aliphatic rings. The van der Waals surface area contributed by atoms with Crippen LogP contribution < -0.4 is 0 Å². The number of rotatable bonds is 4. The summed E-state index contributed by atoms with van der Waals surface area (Å²) >= 11 is 8.93. The van der Waals surface area contributed by atoms with Crippen molar-refractivity contribution < 1.29 is 8.42 Å². The molecule has 0 amide bonds. The van der Waals surface area contributed by atoms with E-state index in [4.69, 9.17) is 11.6 Å². The predicted molar refractivity (Wildman–Crippen MR) is 74.1 cm³/mol. The van der Waals surface area contributed by atoms with Gasteiger partial charge in [0.05, 0.1) is 0 Å². The summed E-state index contributed by atoms with van der Waals surface area (Å²) in [4.78, 5) is 4.14. The molecule has 7 heteroatoms. The van der Waals surface area contributed by atoms with Gasteiger partial charge in [-0.2, -0.15) is 4.31 Å². The molecule has 4 nitrogen and oxygen atoms in total. The maximum atomic E-state index is 12.4. The largest absolute Gasteiger partial charge is 0.262 e. The molecule has 0 spiro atoms. The Balaban J connectivity index is 2.18. The Hall–Kier alpha value is -0.170. The van der Waals surface area contributed by atoms with Gasteiger partial charge >= 0.3 is 0 Å². The molecule has 1 aliphatic heterocycles. The summed E-state index contributed by atoms with van der Waals surface area (Å²) in [5.41, 5.74) is 0. The molecular weight excluding hydrogens is 340 g/mol. The van der Waals surface area contributed by atoms with Crippen molar-refractivity contribution >= 4 is 37.6 Å². The van der Waals surface area contributed by atoms with E-state index in [1.54, 1.807) is 12.3 Å². The van der Waals surface area contributed by atoms with E-state index in [-0.39, 0.29) is 4.90 Å². The number of hydrogen-bond donors (Lipinski definition) is 0. The first-order chi connectivity index (χ1) is 8.54. The van der Waals surface area contributed by atoms with Crippen LogP contribution in [0.2, 0.25) is 0 Å². The van der Waals surface area contributed by atoms with E-state index >= 15 is 0 Å². The molecule has 2 heterocycles. The molecule has 1 saturated heterocycles. The normalized spacial score (nSPS) is 21.3. The molecule has 0 N–H and O–H groups in total. The minimum absolute atomic E-state index is 0.239. The van der Waals surface area contributed by atoms with Crippen LogP contribution in [0, 0.1) is 5.92 Å². The first kappa shape index (κ1) is 14.2. The number of pyridine rings is 1. The molecule has 100 valence electrons. The van der Waals surface area contributed by atoms with Gasteiger partial charge in [-0.3, -0.25) is 4.98 Å². The van der Waals surface area contributed by atoms with Gasteiger partial charge in [0.25, 0.3) is 0 Å². The monoisotopic (exact) mass is 352 g/mol. The number of nitrogens with zero attached hydrogens (tertiary/aromatic N) is 2. The number of hydrogen-bond acceptors (Lipinski definition) is 3. The summed E-state index contributed by atoms with van der Waals surface area (Å²) in [6.45, 7) is 1.12. The SMILES string of the molecule is O=S(=O)(c1cncc(Br)c1)N1CCC(CCCl)C1. The average Bonchev–Trinajstić information content (AvgIpc) is 2.79. The lowest BCUT2D eigenvalue weighted by Gasteiger charge is -2.16. The second kappa shape index (κ2) is 5.86. The predicted octanol–water partition coefficient (Wildman–Crippen LogP) is 2.48. The lowest BCUT2D eigenvalue weighted by molar-refractivity contribution is 0.453. The molecule has 0 bridgehead atoms. The van der Waals surface area contributed by atoms with Crippen LogP contribution in [0.1, 0.15) is 12.8 Å². The summed E-state index contributed by atoms with van der Waals surface area (Å²) < 4.78 is 26.9. The highest BCUT2D eigenvalue weighted by atomic mass is 79.9. The van der Waals surface area contributed by atoms with E-state index < -0.39 is 10.0 Å². The van der Waals surface area contributed by atoms with Crippen molar-refractivity contribution in [2.24, 2.45) is 5.92 Å². The summed E-state index contributed by atoms with van der Waals surface area (Å²) in [5, 5.41) is 0. The van der Waals surface area contributed by atoms with Gasteiger partial charge in [0, 0.05) is 35.8 Å². The van der Waals surface area contributed by atoms with E-state index in [2.05, 4.69) is 20.9 Å². The Kier molecular flexibility index (Phi) is 4.64. The minimum atomic E-state index is -3.41. The van der Waals surface area contributed by atoms with Crippen LogP contribution in [-0.2, 0) is 10.0 Å². The molecule has 0 radical (unpaired) electrons. The molecule has 1 fully saturated rings. The number of halogens is 2. The maximum absolute atomic E-state index is 12.4. The van der Waals surface area contributed by atoms with Crippen LogP contribution in [0.15, 0.2) is 27.8 Å². The molecule has 1 unspecified atom stereocenters. The Labute approximate surface area is 121 Å². The number of aromatic nitrogens is 1. The highest BCUT2D eigenvalue weighted by Gasteiger charge is 2.32. The minimum Gasteiger partial charge on any atom is -0.262 e. The summed E-state index contributed by atoms with van der Waals surface area (Å²) in [7, 11) is -3.41. The molecule has 0 aromatic carbocycles. The van der Waals surface area contributed by atoms with Gasteiger partial charge in [0.2, 0.25) is 10.0 Å². The van der Waals surface area contributed by atoms with Crippen molar-refractivity contribution in [1.29, 1.82) is 0 Å². The van der Waals surface area contributed by atoms with E-state index in [0.717, 1.165) is 12.8 Å². The van der Waals surface area contributed by atoms with E-state index in [1.165, 1.54) is 10.5 Å². The van der Waals surface area contributed by atoms with E-state index in [9.17, 15) is 8.42 Å². The molecule has 0 aliphatic carbocycles. The van der Waals surface area contributed by atoms with E-state index in [0.29, 0.717) is 29.4 Å². The fourth-order valence-corrected chi connectivity index (χ4v) is 4.43. The zero-order chi connectivity index (χ0) is 13.2. The lowest BCUT2D eigenvalue weighted by Crippen LogP contribution is -2.29. The first-order valence-electron chi connectivity index (χ1n) is 5.70. The molecule has 2 rings (SSSR count). The Bertz CT molecular complexity index is 524. The highest BCUT2D eigenvalue weighted by molar-refractivity contribution is 9.10. The van der Waals surface area contributed by atoms with Crippen LogP contribution in [0.5, 0.6) is 0 Å². The van der Waals surface area contributed by atoms with Crippen molar-refractivity contribution in [2.75, 3.05) is 19.0 Å². The fourth-order valence-electron chi connectivity index (χ4n) is 2.09. The van der Waals surface area contributed by atoms with Gasteiger partial charge in [-0.1, -0.05) is 0 Å². The Morgan fingerprint density at radius 3 is 2.94 bits per heavy atom. The quantitative estimate of drug-likeness (QED) is 0.781. The average molecular weight is 354 g/mol. The number of sulfonamides is 1. The molecule has 18 heavy (non-hydrogen) atoms. The van der Waals surface area contributed by atoms with Crippen molar-refractivity contribution in [1.82, 2.24) is 9.29 Å². The van der Waals surface area contributed by atoms with Gasteiger partial charge in [-0.15, -0.1) is 11.6 Å². The molecule has 1 atom stereocenters. The third kappa shape index (κ3) is 3.04. The number of alkyl halides is 1. The van der Waals surface area contributed by atoms with Gasteiger partial charge in [-0.25, -0.2) is 8.42 Å². The van der Waals surface area contributed by atoms with Crippen molar-refractivity contribution in [2.45, 2.75) is 17.7 Å². The smallest absolute Gasteiger partial charge is 0.244 e. The van der Waals surface area contributed by atoms with E-state index in [1.807, 2.05) is 0 Å². The van der Waals surface area contributed by atoms with Crippen LogP contribution in [0.25, 0.3) is 0 Å². The molecule has 1 aromatic heterocycles. The van der Waals surface area contributed by atoms with Crippen molar-refractivity contribution in [3.8, 4) is 0 Å². The third-order valence-electron chi connectivity index (χ3n) is 3.08. The fraction of sp³-hybridized carbons (Fsp3) is 0.545. The van der Waals surface area contributed by atoms with Crippen molar-refractivity contribution in [3.05, 3.63) is 22.9 Å². The second-order valence-electron chi connectivity index (χ2n) is 4.33. The topological polar surface area (TPSA) is 50.3 Å². The van der Waals surface area contributed by atoms with Crippen LogP contribution >= 0.6 is 27.5 Å². The zero-order valence-corrected chi connectivity index (χ0v) is 12.9. The lowest BCUT2D eigenvalue weighted by atomic mass is 10.1. The Morgan fingerprint density at radius 1 is 1.50 bits per heavy atom. The van der Waals surface area contributed by atoms with Gasteiger partial charge in [-0.05, 0) is 40.8 Å². The summed E-state index contributed by atoms with van der Waals surface area (Å²) in [6, 6.07) is 1.58. The molecule has 1 aromatic rings. The molecule has 0 saturated carbocycles. The standard InChI is InChI=1S/C11H14BrClN2O2S/c12-10-5-11(7-14-6-10)18(16,17)15-4-2-9(8-15)1-3-13/h5-7,9H,1-4,8H2. The van der Waals surface area contributed by atoms with Crippen LogP contribution in [-0.4, -0.2) is 36.7 Å². The van der Waals surface area contributed by atoms with Crippen molar-refractivity contribution in [3.63, 3.8) is 0 Å². The van der Waals surface area contributed by atoms with Gasteiger partial charge < -0.3 is 0 Å². The van der Waals surface area contributed by atoms with Crippen LogP contribution in [0.4, 0.5) is 0 Å². The molecular formula is C11H14BrClN2O2S. The maximum Gasteiger partial charge on any atom is 0.244 e. The van der Waals surface area contributed by atoms with Crippen LogP contribution in [0.3, 0.4) is 0 Å². The summed E-state index contributed by atoms with van der Waals surface area (Å²) in [5.74, 6) is 0.953. The van der Waals surface area contributed by atoms with Gasteiger partial charge in [0.1, 0.15) is 4.90 Å². The van der Waals surface area contributed by atoms with Gasteiger partial charge in [0.15, 0.2) is 0 Å². The highest BCUT2D eigenvalue weighted by Crippen LogP contribution is 2.26.